The maximum Gasteiger partial charge on any atom is 0.147 e. The van der Waals surface area contributed by atoms with Crippen molar-refractivity contribution in [3.8, 4) is 0 Å². The van der Waals surface area contributed by atoms with E-state index in [1.54, 1.807) is 22.5 Å². The van der Waals surface area contributed by atoms with Crippen LogP contribution in [0.3, 0.4) is 0 Å². The summed E-state index contributed by atoms with van der Waals surface area (Å²) in [5.41, 5.74) is 10.8. The number of rotatable bonds is 12. The van der Waals surface area contributed by atoms with Crippen molar-refractivity contribution in [3.63, 3.8) is 0 Å². The molecule has 3 nitrogen and oxygen atoms in total. The van der Waals surface area contributed by atoms with E-state index in [0.29, 0.717) is 58.7 Å². The summed E-state index contributed by atoms with van der Waals surface area (Å²) in [7, 11) is -5.27. The number of anilines is 2. The van der Waals surface area contributed by atoms with E-state index in [1.165, 1.54) is 49.0 Å². The predicted octanol–water partition coefficient (Wildman–Crippen LogP) is 13.2. The molecule has 11 atom stereocenters. The van der Waals surface area contributed by atoms with Gasteiger partial charge in [0.05, 0.1) is 21.7 Å². The highest BCUT2D eigenvalue weighted by molar-refractivity contribution is 6.83. The fourth-order valence-electron chi connectivity index (χ4n) is 13.3. The maximum absolute atomic E-state index is 6.20. The summed E-state index contributed by atoms with van der Waals surface area (Å²) < 4.78 is 9.24. The number of unbranched alkanes of at least 4 members (excludes halogenated alkanes) is 3. The summed E-state index contributed by atoms with van der Waals surface area (Å²) in [5.74, 6) is 3.55. The zero-order valence-corrected chi connectivity index (χ0v) is 40.1. The van der Waals surface area contributed by atoms with Crippen molar-refractivity contribution in [1.82, 2.24) is 0 Å². The molecule has 0 radical (unpaired) electrons. The lowest BCUT2D eigenvalue weighted by Gasteiger charge is -2.48. The molecule has 8 rings (SSSR count). The number of nitrogens with zero attached hydrogens (tertiary/aromatic N) is 2. The van der Waals surface area contributed by atoms with Crippen molar-refractivity contribution < 1.29 is 4.74 Å². The molecule has 0 N–H and O–H groups in total. The van der Waals surface area contributed by atoms with Gasteiger partial charge in [0.2, 0.25) is 0 Å². The summed E-state index contributed by atoms with van der Waals surface area (Å²) in [6, 6.07) is 17.8. The molecular formula is C50H74N2OSi3. The minimum Gasteiger partial charge on any atom is -0.394 e. The van der Waals surface area contributed by atoms with E-state index in [4.69, 9.17) is 4.74 Å². The molecule has 0 aromatic heterocycles. The van der Waals surface area contributed by atoms with Gasteiger partial charge < -0.3 is 14.2 Å². The SMILES string of the molecule is Cc1ccc2c(c1)C1C(C3C=CC=CC3C1[Si](C)(CCCCCCOC(C)(C)C)C1C3C=CC=CC3C3C1c1cc(C)ccc1N3[Si](C)(C)C)N2C[Si](C)(C)C. The van der Waals surface area contributed by atoms with Crippen LogP contribution in [0.2, 0.25) is 63.0 Å². The summed E-state index contributed by atoms with van der Waals surface area (Å²) >= 11 is 0. The first kappa shape index (κ1) is 40.4. The third-order valence-electron chi connectivity index (χ3n) is 14.9. The van der Waals surface area contributed by atoms with Gasteiger partial charge in [-0.15, -0.1) is 0 Å². The lowest BCUT2D eigenvalue weighted by atomic mass is 9.89. The van der Waals surface area contributed by atoms with Gasteiger partial charge in [-0.05, 0) is 87.2 Å². The number of aryl methyl sites for hydroxylation is 2. The summed E-state index contributed by atoms with van der Waals surface area (Å²) in [5, 5.41) is 0. The Balaban J connectivity index is 1.28. The molecule has 0 bridgehead atoms. The summed E-state index contributed by atoms with van der Waals surface area (Å²) in [4.78, 5) is 2.99. The van der Waals surface area contributed by atoms with Crippen LogP contribution in [0.1, 0.15) is 80.5 Å². The molecule has 0 amide bonds. The highest BCUT2D eigenvalue weighted by atomic mass is 28.3. The van der Waals surface area contributed by atoms with Crippen LogP contribution in [-0.2, 0) is 4.74 Å². The van der Waals surface area contributed by atoms with Gasteiger partial charge in [-0.1, -0.05) is 155 Å². The number of fused-ring (bicyclic) bond motifs is 10. The Morgan fingerprint density at radius 2 is 1.11 bits per heavy atom. The first-order valence-corrected chi connectivity index (χ1v) is 32.5. The Morgan fingerprint density at radius 1 is 0.607 bits per heavy atom. The first-order chi connectivity index (χ1) is 26.4. The van der Waals surface area contributed by atoms with Crippen molar-refractivity contribution in [2.24, 2.45) is 23.7 Å². The van der Waals surface area contributed by atoms with E-state index in [1.807, 2.05) is 0 Å². The number of allylic oxidation sites excluding steroid dienone is 6. The number of benzene rings is 2. The molecule has 2 heterocycles. The molecule has 6 aliphatic rings. The van der Waals surface area contributed by atoms with E-state index in [-0.39, 0.29) is 5.60 Å². The predicted molar refractivity (Wildman–Crippen MR) is 251 cm³/mol. The molecule has 2 saturated carbocycles. The molecule has 11 unspecified atom stereocenters. The van der Waals surface area contributed by atoms with Gasteiger partial charge in [0.1, 0.15) is 8.24 Å². The lowest BCUT2D eigenvalue weighted by molar-refractivity contribution is -0.00471. The zero-order valence-electron chi connectivity index (χ0n) is 37.1. The van der Waals surface area contributed by atoms with Gasteiger partial charge in [0.25, 0.3) is 0 Å². The largest absolute Gasteiger partial charge is 0.394 e. The second-order valence-electron chi connectivity index (χ2n) is 22.4. The molecule has 4 aliphatic carbocycles. The lowest BCUT2D eigenvalue weighted by Crippen LogP contribution is -2.53. The molecule has 2 aromatic rings. The van der Waals surface area contributed by atoms with Crippen LogP contribution < -0.4 is 9.47 Å². The minimum atomic E-state index is -2.15. The monoisotopic (exact) mass is 803 g/mol. The maximum atomic E-state index is 6.20. The van der Waals surface area contributed by atoms with Gasteiger partial charge in [-0.25, -0.2) is 0 Å². The van der Waals surface area contributed by atoms with Gasteiger partial charge >= 0.3 is 0 Å². The Morgan fingerprint density at radius 3 is 1.66 bits per heavy atom. The Kier molecular flexibility index (Phi) is 10.6. The molecule has 56 heavy (non-hydrogen) atoms. The van der Waals surface area contributed by atoms with Gasteiger partial charge in [-0.2, -0.15) is 0 Å². The molecule has 0 spiro atoms. The van der Waals surface area contributed by atoms with Crippen LogP contribution in [-0.4, -0.2) is 54.8 Å². The summed E-state index contributed by atoms with van der Waals surface area (Å²) in [6.07, 6.45) is 26.9. The smallest absolute Gasteiger partial charge is 0.147 e. The molecule has 6 heteroatoms. The van der Waals surface area contributed by atoms with Gasteiger partial charge in [0, 0.05) is 59.9 Å². The van der Waals surface area contributed by atoms with Crippen molar-refractivity contribution in [1.29, 1.82) is 0 Å². The van der Waals surface area contributed by atoms with E-state index in [0.717, 1.165) is 6.61 Å². The Bertz CT molecular complexity index is 1910. The highest BCUT2D eigenvalue weighted by Crippen LogP contribution is 2.72. The molecule has 2 aliphatic heterocycles. The molecule has 0 saturated heterocycles. The van der Waals surface area contributed by atoms with E-state index < -0.39 is 24.4 Å². The van der Waals surface area contributed by atoms with Crippen molar-refractivity contribution in [2.75, 3.05) is 22.2 Å². The second kappa shape index (κ2) is 14.7. The number of hydrogen-bond donors (Lipinski definition) is 0. The molecular weight excluding hydrogens is 729 g/mol. The van der Waals surface area contributed by atoms with E-state index in [9.17, 15) is 0 Å². The van der Waals surface area contributed by atoms with Crippen LogP contribution in [0, 0.1) is 37.5 Å². The van der Waals surface area contributed by atoms with Crippen LogP contribution in [0.25, 0.3) is 0 Å². The molecule has 302 valence electrons. The van der Waals surface area contributed by atoms with Crippen LogP contribution in [0.4, 0.5) is 11.4 Å². The zero-order chi connectivity index (χ0) is 39.9. The van der Waals surface area contributed by atoms with Crippen molar-refractivity contribution >= 4 is 35.8 Å². The topological polar surface area (TPSA) is 15.7 Å². The van der Waals surface area contributed by atoms with Crippen LogP contribution in [0.15, 0.2) is 85.0 Å². The number of hydrogen-bond acceptors (Lipinski definition) is 3. The van der Waals surface area contributed by atoms with E-state index in [2.05, 4.69) is 175 Å². The Labute approximate surface area is 344 Å². The average Bonchev–Trinajstić information content (AvgIpc) is 3.82. The number of ether oxygens (including phenoxy) is 1. The molecule has 2 aromatic carbocycles. The van der Waals surface area contributed by atoms with Crippen LogP contribution >= 0.6 is 0 Å². The quantitative estimate of drug-likeness (QED) is 0.157. The standard InChI is InChI=1S/C50H74N2OSi3/c1-34-25-27-42-40(31-34)44-46(51(42)33-54(6,7)8)36-21-15-17-23-38(36)48(44)56(12,30-20-14-13-19-29-53-50(3,4)5)49-39-24-18-16-22-37(39)47-45(49)41-32-35(2)26-28-43(41)52(47)55(9,10)11/h15-18,21-28,31-32,36-39,44-49H,13-14,19-20,29-30,33H2,1-12H3. The summed E-state index contributed by atoms with van der Waals surface area (Å²) in [6.45, 7) is 30.7. The van der Waals surface area contributed by atoms with Crippen LogP contribution in [0.5, 0.6) is 0 Å². The highest BCUT2D eigenvalue weighted by Gasteiger charge is 2.68. The third-order valence-corrected chi connectivity index (χ3v) is 24.2. The minimum absolute atomic E-state index is 0.0560. The molecule has 2 fully saturated rings. The second-order valence-corrected chi connectivity index (χ2v) is 37.5. The average molecular weight is 803 g/mol. The van der Waals surface area contributed by atoms with Gasteiger partial charge in [-0.3, -0.25) is 0 Å². The van der Waals surface area contributed by atoms with Crippen molar-refractivity contribution in [3.05, 3.63) is 107 Å². The van der Waals surface area contributed by atoms with E-state index >= 15 is 0 Å². The fourth-order valence-corrected chi connectivity index (χ4v) is 23.8. The van der Waals surface area contributed by atoms with Gasteiger partial charge in [0.15, 0.2) is 0 Å². The first-order valence-electron chi connectivity index (χ1n) is 22.5. The fraction of sp³-hybridized carbons (Fsp3) is 0.600. The third kappa shape index (κ3) is 7.08. The van der Waals surface area contributed by atoms with Crippen molar-refractivity contribution in [2.45, 2.75) is 153 Å². The normalized spacial score (nSPS) is 32.3. The Hall–Kier alpha value is -2.39.